The Morgan fingerprint density at radius 3 is 2.67 bits per heavy atom. The highest BCUT2D eigenvalue weighted by Crippen LogP contribution is 2.25. The highest BCUT2D eigenvalue weighted by Gasteiger charge is 2.18. The first-order valence-electron chi connectivity index (χ1n) is 7.62. The maximum absolute atomic E-state index is 12.1. The molecule has 0 bridgehead atoms. The molecule has 1 atom stereocenters. The smallest absolute Gasteiger partial charge is 0.231 e. The summed E-state index contributed by atoms with van der Waals surface area (Å²) in [5, 5.41) is 14.6. The Morgan fingerprint density at radius 2 is 2.00 bits per heavy atom. The summed E-state index contributed by atoms with van der Waals surface area (Å²) in [5.41, 5.74) is 1.02. The maximum atomic E-state index is 12.1. The van der Waals surface area contributed by atoms with Gasteiger partial charge in [0.2, 0.25) is 11.0 Å². The summed E-state index contributed by atoms with van der Waals surface area (Å²) >= 11 is 2.73. The van der Waals surface area contributed by atoms with E-state index in [2.05, 4.69) is 20.8 Å². The minimum absolute atomic E-state index is 0.0532. The lowest BCUT2D eigenvalue weighted by Crippen LogP contribution is -2.42. The fraction of sp³-hybridized carbons (Fsp3) is 0.375. The number of thioether (sulfide) groups is 1. The third-order valence-corrected chi connectivity index (χ3v) is 5.18. The van der Waals surface area contributed by atoms with Gasteiger partial charge in [0.15, 0.2) is 10.1 Å². The number of amides is 1. The van der Waals surface area contributed by atoms with Gasteiger partial charge in [-0.15, -0.1) is 10.2 Å². The Morgan fingerprint density at radius 1 is 1.25 bits per heavy atom. The first-order chi connectivity index (χ1) is 11.6. The summed E-state index contributed by atoms with van der Waals surface area (Å²) in [6.07, 6.45) is 0.496. The lowest BCUT2D eigenvalue weighted by atomic mass is 10.0. The number of rotatable bonds is 9. The minimum atomic E-state index is -0.507. The van der Waals surface area contributed by atoms with Crippen LogP contribution in [-0.4, -0.2) is 40.2 Å². The molecule has 0 unspecified atom stereocenters. The maximum Gasteiger partial charge on any atom is 0.231 e. The van der Waals surface area contributed by atoms with Crippen LogP contribution in [-0.2, 0) is 16.0 Å². The molecule has 1 aromatic heterocycles. The lowest BCUT2D eigenvalue weighted by molar-refractivity contribution is -0.125. The predicted molar refractivity (Wildman–Crippen MR) is 97.6 cm³/mol. The number of anilines is 1. The molecule has 2 rings (SSSR count). The average molecular weight is 364 g/mol. The number of nitrogens with zero attached hydrogens (tertiary/aromatic N) is 2. The van der Waals surface area contributed by atoms with Gasteiger partial charge in [-0.1, -0.05) is 53.4 Å². The second-order valence-electron chi connectivity index (χ2n) is 5.11. The molecule has 0 saturated carbocycles. The number of ketones is 1. The molecular formula is C16H20N4O2S2. The molecule has 0 fully saturated rings. The van der Waals surface area contributed by atoms with E-state index in [-0.39, 0.29) is 17.4 Å². The molecule has 2 aromatic rings. The zero-order chi connectivity index (χ0) is 17.4. The third-order valence-electron chi connectivity index (χ3n) is 3.17. The van der Waals surface area contributed by atoms with Gasteiger partial charge in [0.25, 0.3) is 0 Å². The number of carbonyl (C=O) groups is 2. The predicted octanol–water partition coefficient (Wildman–Crippen LogP) is 2.38. The van der Waals surface area contributed by atoms with Crippen molar-refractivity contribution in [3.63, 3.8) is 0 Å². The van der Waals surface area contributed by atoms with Crippen LogP contribution in [0.25, 0.3) is 0 Å². The third kappa shape index (κ3) is 5.93. The van der Waals surface area contributed by atoms with Gasteiger partial charge in [-0.3, -0.25) is 9.59 Å². The van der Waals surface area contributed by atoms with Crippen molar-refractivity contribution in [3.05, 3.63) is 35.9 Å². The number of Topliss-reactive ketones (excluding diaryl/α,β-unsaturated/α-hetero) is 1. The number of hydrogen-bond acceptors (Lipinski definition) is 7. The topological polar surface area (TPSA) is 84.0 Å². The Labute approximate surface area is 149 Å². The van der Waals surface area contributed by atoms with Crippen molar-refractivity contribution in [2.45, 2.75) is 30.6 Å². The van der Waals surface area contributed by atoms with Gasteiger partial charge in [-0.25, -0.2) is 0 Å². The van der Waals surface area contributed by atoms with Gasteiger partial charge in [0.1, 0.15) is 0 Å². The van der Waals surface area contributed by atoms with Crippen LogP contribution in [0, 0.1) is 0 Å². The Bertz CT molecular complexity index is 676. The largest absolute Gasteiger partial charge is 0.360 e. The van der Waals surface area contributed by atoms with E-state index in [1.54, 1.807) is 0 Å². The molecule has 0 aliphatic carbocycles. The van der Waals surface area contributed by atoms with E-state index in [1.165, 1.54) is 30.0 Å². The summed E-state index contributed by atoms with van der Waals surface area (Å²) in [6.45, 7) is 4.25. The van der Waals surface area contributed by atoms with Crippen LogP contribution < -0.4 is 10.6 Å². The normalized spacial score (nSPS) is 11.8. The van der Waals surface area contributed by atoms with Crippen molar-refractivity contribution in [3.8, 4) is 0 Å². The molecule has 128 valence electrons. The van der Waals surface area contributed by atoms with Crippen LogP contribution in [0.5, 0.6) is 0 Å². The molecule has 0 aliphatic heterocycles. The van der Waals surface area contributed by atoms with Crippen molar-refractivity contribution in [2.24, 2.45) is 0 Å². The van der Waals surface area contributed by atoms with E-state index >= 15 is 0 Å². The highest BCUT2D eigenvalue weighted by atomic mass is 32.2. The molecule has 6 nitrogen and oxygen atoms in total. The number of nitrogens with one attached hydrogen (secondary N) is 2. The van der Waals surface area contributed by atoms with Crippen molar-refractivity contribution in [1.29, 1.82) is 0 Å². The summed E-state index contributed by atoms with van der Waals surface area (Å²) in [4.78, 5) is 23.9. The minimum Gasteiger partial charge on any atom is -0.360 e. The standard InChI is InChI=1S/C16H20N4O2S2/c1-3-17-15-19-20-16(24-15)23-10-14(22)18-13(11(2)21)9-12-7-5-4-6-8-12/h4-8,13H,3,9-10H2,1-2H3,(H,17,19)(H,18,22)/t13-/m1/s1. The first kappa shape index (κ1) is 18.4. The Hall–Kier alpha value is -1.93. The summed E-state index contributed by atoms with van der Waals surface area (Å²) in [6, 6.07) is 9.14. The van der Waals surface area contributed by atoms with Crippen molar-refractivity contribution in [1.82, 2.24) is 15.5 Å². The fourth-order valence-corrected chi connectivity index (χ4v) is 3.63. The number of carbonyl (C=O) groups excluding carboxylic acids is 2. The molecule has 2 N–H and O–H groups in total. The van der Waals surface area contributed by atoms with Gasteiger partial charge in [-0.05, 0) is 25.8 Å². The quantitative estimate of drug-likeness (QED) is 0.665. The molecule has 0 aliphatic rings. The molecule has 0 saturated heterocycles. The molecule has 0 spiro atoms. The highest BCUT2D eigenvalue weighted by molar-refractivity contribution is 8.01. The Balaban J connectivity index is 1.85. The van der Waals surface area contributed by atoms with Crippen LogP contribution in [0.2, 0.25) is 0 Å². The van der Waals surface area contributed by atoms with E-state index in [4.69, 9.17) is 0 Å². The van der Waals surface area contributed by atoms with E-state index in [0.717, 1.165) is 21.6 Å². The van der Waals surface area contributed by atoms with Crippen molar-refractivity contribution >= 4 is 39.9 Å². The number of benzene rings is 1. The monoisotopic (exact) mass is 364 g/mol. The molecule has 1 aromatic carbocycles. The van der Waals surface area contributed by atoms with E-state index < -0.39 is 6.04 Å². The molecule has 1 amide bonds. The zero-order valence-electron chi connectivity index (χ0n) is 13.6. The lowest BCUT2D eigenvalue weighted by Gasteiger charge is -2.15. The van der Waals surface area contributed by atoms with E-state index in [1.807, 2.05) is 37.3 Å². The fourth-order valence-electron chi connectivity index (χ4n) is 2.00. The van der Waals surface area contributed by atoms with Crippen LogP contribution >= 0.6 is 23.1 Å². The molecular weight excluding hydrogens is 344 g/mol. The van der Waals surface area contributed by atoms with Gasteiger partial charge >= 0.3 is 0 Å². The van der Waals surface area contributed by atoms with Gasteiger partial charge in [0.05, 0.1) is 11.8 Å². The van der Waals surface area contributed by atoms with Crippen LogP contribution in [0.1, 0.15) is 19.4 Å². The Kier molecular flexibility index (Phi) is 7.20. The van der Waals surface area contributed by atoms with Gasteiger partial charge in [-0.2, -0.15) is 0 Å². The van der Waals surface area contributed by atoms with Crippen LogP contribution in [0.15, 0.2) is 34.7 Å². The number of aromatic nitrogens is 2. The molecule has 24 heavy (non-hydrogen) atoms. The van der Waals surface area contributed by atoms with Crippen molar-refractivity contribution in [2.75, 3.05) is 17.6 Å². The van der Waals surface area contributed by atoms with Gasteiger partial charge in [0, 0.05) is 6.54 Å². The zero-order valence-corrected chi connectivity index (χ0v) is 15.2. The van der Waals surface area contributed by atoms with Crippen molar-refractivity contribution < 1.29 is 9.59 Å². The summed E-state index contributed by atoms with van der Waals surface area (Å²) in [5.74, 6) is -0.0295. The average Bonchev–Trinajstić information content (AvgIpc) is 3.01. The first-order valence-corrected chi connectivity index (χ1v) is 9.42. The molecule has 1 heterocycles. The van der Waals surface area contributed by atoms with Crippen LogP contribution in [0.4, 0.5) is 5.13 Å². The second kappa shape index (κ2) is 9.39. The SMILES string of the molecule is CCNc1nnc(SCC(=O)N[C@H](Cc2ccccc2)C(C)=O)s1. The van der Waals surface area contributed by atoms with E-state index in [0.29, 0.717) is 6.42 Å². The molecule has 8 heteroatoms. The summed E-state index contributed by atoms with van der Waals surface area (Å²) in [7, 11) is 0. The van der Waals surface area contributed by atoms with Gasteiger partial charge < -0.3 is 10.6 Å². The van der Waals surface area contributed by atoms with Crippen LogP contribution in [0.3, 0.4) is 0 Å². The molecule has 0 radical (unpaired) electrons. The number of hydrogen-bond donors (Lipinski definition) is 2. The second-order valence-corrected chi connectivity index (χ2v) is 7.31. The summed E-state index contributed by atoms with van der Waals surface area (Å²) < 4.78 is 0.725. The van der Waals surface area contributed by atoms with E-state index in [9.17, 15) is 9.59 Å².